The fourth-order valence-electron chi connectivity index (χ4n) is 3.21. The van der Waals surface area contributed by atoms with E-state index in [4.69, 9.17) is 4.74 Å². The number of imidazole rings is 1. The van der Waals surface area contributed by atoms with E-state index in [1.165, 1.54) is 6.20 Å². The van der Waals surface area contributed by atoms with Gasteiger partial charge in [0, 0.05) is 29.3 Å². The molecule has 31 heavy (non-hydrogen) atoms. The van der Waals surface area contributed by atoms with E-state index in [1.807, 2.05) is 41.0 Å². The van der Waals surface area contributed by atoms with Crippen molar-refractivity contribution in [2.45, 2.75) is 0 Å². The molecule has 1 N–H and O–H groups in total. The molecule has 0 atom stereocenters. The van der Waals surface area contributed by atoms with E-state index in [1.54, 1.807) is 55.1 Å². The maximum atomic E-state index is 12.6. The van der Waals surface area contributed by atoms with Gasteiger partial charge in [-0.1, -0.05) is 12.1 Å². The van der Waals surface area contributed by atoms with Crippen LogP contribution in [-0.4, -0.2) is 25.4 Å². The van der Waals surface area contributed by atoms with Crippen molar-refractivity contribution in [3.05, 3.63) is 103 Å². The number of nitrogens with one attached hydrogen (secondary N) is 1. The summed E-state index contributed by atoms with van der Waals surface area (Å²) in [4.78, 5) is 25.1. The van der Waals surface area contributed by atoms with Crippen LogP contribution < -0.4 is 10.1 Å². The number of amides is 1. The van der Waals surface area contributed by atoms with Crippen molar-refractivity contribution in [2.75, 3.05) is 5.32 Å². The third-order valence-corrected chi connectivity index (χ3v) is 4.74. The van der Waals surface area contributed by atoms with E-state index in [0.717, 1.165) is 16.7 Å². The Morgan fingerprint density at radius 2 is 1.68 bits per heavy atom. The van der Waals surface area contributed by atoms with Gasteiger partial charge in [-0.2, -0.15) is 0 Å². The normalized spacial score (nSPS) is 10.7. The van der Waals surface area contributed by atoms with Gasteiger partial charge in [0.25, 0.3) is 5.91 Å². The van der Waals surface area contributed by atoms with E-state index in [-0.39, 0.29) is 5.91 Å². The van der Waals surface area contributed by atoms with Crippen molar-refractivity contribution < 1.29 is 9.53 Å². The van der Waals surface area contributed by atoms with Crippen molar-refractivity contribution in [3.63, 3.8) is 0 Å². The van der Waals surface area contributed by atoms with Gasteiger partial charge in [0.15, 0.2) is 0 Å². The first-order valence-corrected chi connectivity index (χ1v) is 9.64. The highest BCUT2D eigenvalue weighted by atomic mass is 16.5. The van der Waals surface area contributed by atoms with Crippen molar-refractivity contribution in [2.24, 2.45) is 0 Å². The lowest BCUT2D eigenvalue weighted by Crippen LogP contribution is -2.11. The molecule has 1 amide bonds. The first-order valence-electron chi connectivity index (χ1n) is 9.64. The topological polar surface area (TPSA) is 81.9 Å². The summed E-state index contributed by atoms with van der Waals surface area (Å²) in [6.45, 7) is 0. The van der Waals surface area contributed by atoms with Crippen LogP contribution in [0.3, 0.4) is 0 Å². The molecular weight excluding hydrogens is 390 g/mol. The molecule has 0 radical (unpaired) electrons. The summed E-state index contributed by atoms with van der Waals surface area (Å²) in [5.74, 6) is 0.824. The van der Waals surface area contributed by atoms with Crippen molar-refractivity contribution in [1.29, 1.82) is 0 Å². The number of hydrogen-bond acceptors (Lipinski definition) is 5. The zero-order valence-corrected chi connectivity index (χ0v) is 16.3. The van der Waals surface area contributed by atoms with Gasteiger partial charge in [-0.3, -0.25) is 14.3 Å². The average molecular weight is 407 g/mol. The Balaban J connectivity index is 1.27. The number of nitrogens with zero attached hydrogens (tertiary/aromatic N) is 4. The van der Waals surface area contributed by atoms with Gasteiger partial charge in [0.1, 0.15) is 12.1 Å². The molecule has 7 heteroatoms. The molecule has 3 aromatic carbocycles. The van der Waals surface area contributed by atoms with Crippen LogP contribution in [0.5, 0.6) is 11.6 Å². The van der Waals surface area contributed by atoms with Gasteiger partial charge in [-0.25, -0.2) is 9.97 Å². The number of carbonyl (C=O) groups excluding carboxylic acids is 1. The van der Waals surface area contributed by atoms with Crippen LogP contribution in [-0.2, 0) is 0 Å². The number of carbonyl (C=O) groups is 1. The minimum atomic E-state index is -0.190. The second kappa shape index (κ2) is 8.08. The minimum Gasteiger partial charge on any atom is -0.438 e. The molecule has 0 unspecified atom stereocenters. The smallest absolute Gasteiger partial charge is 0.255 e. The molecule has 0 aliphatic rings. The first-order chi connectivity index (χ1) is 15.3. The Kier molecular flexibility index (Phi) is 4.82. The van der Waals surface area contributed by atoms with Crippen LogP contribution in [0.4, 0.5) is 5.69 Å². The maximum absolute atomic E-state index is 12.6. The minimum absolute atomic E-state index is 0.190. The summed E-state index contributed by atoms with van der Waals surface area (Å²) >= 11 is 0. The molecule has 0 aliphatic carbocycles. The maximum Gasteiger partial charge on any atom is 0.255 e. The fraction of sp³-hybridized carbons (Fsp3) is 0. The molecular formula is C24H17N5O2. The summed E-state index contributed by atoms with van der Waals surface area (Å²) in [5, 5.41) is 2.89. The Morgan fingerprint density at radius 1 is 0.871 bits per heavy atom. The predicted molar refractivity (Wildman–Crippen MR) is 118 cm³/mol. The van der Waals surface area contributed by atoms with Gasteiger partial charge < -0.3 is 10.1 Å². The fourth-order valence-corrected chi connectivity index (χ4v) is 3.21. The van der Waals surface area contributed by atoms with E-state index in [2.05, 4.69) is 20.3 Å². The molecule has 7 nitrogen and oxygen atoms in total. The third kappa shape index (κ3) is 3.97. The number of anilines is 1. The van der Waals surface area contributed by atoms with Crippen molar-refractivity contribution >= 4 is 22.6 Å². The summed E-state index contributed by atoms with van der Waals surface area (Å²) in [6.07, 6.45) is 6.45. The molecule has 5 aromatic rings. The van der Waals surface area contributed by atoms with Gasteiger partial charge in [-0.15, -0.1) is 0 Å². The Hall–Kier alpha value is -4.52. The van der Waals surface area contributed by atoms with Gasteiger partial charge in [0.05, 0.1) is 17.2 Å². The summed E-state index contributed by atoms with van der Waals surface area (Å²) in [5.41, 5.74) is 4.12. The number of aromatic nitrogens is 4. The van der Waals surface area contributed by atoms with Crippen LogP contribution in [0.1, 0.15) is 10.4 Å². The SMILES string of the molecule is O=C(Nc1ccc(Oc2cnccn2)cc1)c1ccc(-n2cnc3ccccc32)cc1. The second-order valence-electron chi connectivity index (χ2n) is 6.77. The van der Waals surface area contributed by atoms with Crippen LogP contribution >= 0.6 is 0 Å². The lowest BCUT2D eigenvalue weighted by molar-refractivity contribution is 0.102. The Labute approximate surface area is 178 Å². The number of hydrogen-bond donors (Lipinski definition) is 1. The highest BCUT2D eigenvalue weighted by molar-refractivity contribution is 6.04. The van der Waals surface area contributed by atoms with Gasteiger partial charge in [-0.05, 0) is 60.7 Å². The zero-order chi connectivity index (χ0) is 21.0. The lowest BCUT2D eigenvalue weighted by Gasteiger charge is -2.09. The highest BCUT2D eigenvalue weighted by Crippen LogP contribution is 2.22. The highest BCUT2D eigenvalue weighted by Gasteiger charge is 2.09. The van der Waals surface area contributed by atoms with E-state index in [9.17, 15) is 4.79 Å². The van der Waals surface area contributed by atoms with E-state index < -0.39 is 0 Å². The zero-order valence-electron chi connectivity index (χ0n) is 16.3. The molecule has 2 aromatic heterocycles. The monoisotopic (exact) mass is 407 g/mol. The molecule has 0 aliphatic heterocycles. The number of rotatable bonds is 5. The molecule has 5 rings (SSSR count). The van der Waals surface area contributed by atoms with Crippen LogP contribution in [0.15, 0.2) is 97.7 Å². The standard InChI is InChI=1S/C24H17N5O2/c30-24(28-18-7-11-20(12-8-18)31-23-15-25-13-14-26-23)17-5-9-19(10-6-17)29-16-27-21-3-1-2-4-22(21)29/h1-16H,(H,28,30). The third-order valence-electron chi connectivity index (χ3n) is 4.74. The van der Waals surface area contributed by atoms with E-state index >= 15 is 0 Å². The number of benzene rings is 3. The molecule has 0 spiro atoms. The van der Waals surface area contributed by atoms with Crippen molar-refractivity contribution in [1.82, 2.24) is 19.5 Å². The lowest BCUT2D eigenvalue weighted by atomic mass is 10.2. The summed E-state index contributed by atoms with van der Waals surface area (Å²) in [7, 11) is 0. The first kappa shape index (κ1) is 18.5. The quantitative estimate of drug-likeness (QED) is 0.450. The predicted octanol–water partition coefficient (Wildman–Crippen LogP) is 4.86. The molecule has 0 bridgehead atoms. The number of ether oxygens (including phenoxy) is 1. The molecule has 150 valence electrons. The largest absolute Gasteiger partial charge is 0.438 e. The Bertz CT molecular complexity index is 1330. The summed E-state index contributed by atoms with van der Waals surface area (Å²) < 4.78 is 7.60. The van der Waals surface area contributed by atoms with Crippen molar-refractivity contribution in [3.8, 4) is 17.3 Å². The van der Waals surface area contributed by atoms with Crippen LogP contribution in [0, 0.1) is 0 Å². The molecule has 0 fully saturated rings. The molecule has 0 saturated heterocycles. The molecule has 0 saturated carbocycles. The average Bonchev–Trinajstić information content (AvgIpc) is 3.25. The summed E-state index contributed by atoms with van der Waals surface area (Å²) in [6, 6.07) is 22.4. The Morgan fingerprint density at radius 3 is 2.45 bits per heavy atom. The number of fused-ring (bicyclic) bond motifs is 1. The van der Waals surface area contributed by atoms with Gasteiger partial charge in [0.2, 0.25) is 5.88 Å². The van der Waals surface area contributed by atoms with E-state index in [0.29, 0.717) is 22.9 Å². The van der Waals surface area contributed by atoms with Gasteiger partial charge >= 0.3 is 0 Å². The molecule has 2 heterocycles. The second-order valence-corrected chi connectivity index (χ2v) is 6.77. The van der Waals surface area contributed by atoms with Crippen LogP contribution in [0.25, 0.3) is 16.7 Å². The van der Waals surface area contributed by atoms with Crippen LogP contribution in [0.2, 0.25) is 0 Å². The number of para-hydroxylation sites is 2.